The van der Waals surface area contributed by atoms with Crippen LogP contribution in [-0.2, 0) is 23.9 Å². The van der Waals surface area contributed by atoms with Crippen LogP contribution in [0.25, 0.3) is 11.0 Å². The second-order valence-electron chi connectivity index (χ2n) is 9.73. The zero-order valence-electron chi connectivity index (χ0n) is 20.2. The number of carbonyl (C=O) groups is 1. The van der Waals surface area contributed by atoms with Crippen LogP contribution < -0.4 is 20.9 Å². The van der Waals surface area contributed by atoms with Gasteiger partial charge in [0.15, 0.2) is 0 Å². The number of nitrogens with zero attached hydrogens (tertiary/aromatic N) is 5. The van der Waals surface area contributed by atoms with E-state index in [0.29, 0.717) is 40.5 Å². The Morgan fingerprint density at radius 3 is 2.78 bits per heavy atom. The van der Waals surface area contributed by atoms with Gasteiger partial charge in [0.1, 0.15) is 16.7 Å². The molecule has 0 atom stereocenters. The molecule has 0 unspecified atom stereocenters. The summed E-state index contributed by atoms with van der Waals surface area (Å²) < 4.78 is 10.9. The summed E-state index contributed by atoms with van der Waals surface area (Å²) in [5.74, 6) is 0.928. The molecule has 1 aromatic carbocycles. The summed E-state index contributed by atoms with van der Waals surface area (Å²) in [6.45, 7) is 3.82. The zero-order chi connectivity index (χ0) is 25.0. The van der Waals surface area contributed by atoms with Crippen LogP contribution in [0, 0.1) is 5.92 Å². The molecular weight excluding hydrogens is 458 g/mol. The summed E-state index contributed by atoms with van der Waals surface area (Å²) in [6, 6.07) is 7.43. The monoisotopic (exact) mass is 485 g/mol. The molecule has 10 nitrogen and oxygen atoms in total. The lowest BCUT2D eigenvalue weighted by molar-refractivity contribution is -0.111. The van der Waals surface area contributed by atoms with Gasteiger partial charge in [-0.3, -0.25) is 14.3 Å². The number of pyridine rings is 1. The zero-order valence-corrected chi connectivity index (χ0v) is 20.2. The van der Waals surface area contributed by atoms with Gasteiger partial charge in [0.2, 0.25) is 5.91 Å². The third kappa shape index (κ3) is 3.48. The van der Waals surface area contributed by atoms with E-state index in [0.717, 1.165) is 30.7 Å². The summed E-state index contributed by atoms with van der Waals surface area (Å²) >= 11 is 0. The van der Waals surface area contributed by atoms with Gasteiger partial charge < -0.3 is 24.5 Å². The molecule has 4 aromatic rings. The van der Waals surface area contributed by atoms with Crippen LogP contribution in [0.1, 0.15) is 24.8 Å². The highest BCUT2D eigenvalue weighted by Gasteiger charge is 2.58. The molecule has 0 saturated heterocycles. The molecule has 3 saturated carbocycles. The number of aromatic nitrogens is 5. The van der Waals surface area contributed by atoms with E-state index in [9.17, 15) is 9.59 Å². The SMILES string of the molecule is C=CC(=O)Nc1cccc(Cn2cc(Nc3cn(C)nc3OC)c3ncn(C45CC(C4)C5)c3c2=O)c1. The topological polar surface area (TPSA) is 108 Å². The van der Waals surface area contributed by atoms with Crippen LogP contribution in [0.4, 0.5) is 17.1 Å². The first-order chi connectivity index (χ1) is 17.4. The Bertz CT molecular complexity index is 1560. The van der Waals surface area contributed by atoms with Crippen LogP contribution in [0.5, 0.6) is 5.88 Å². The highest BCUT2D eigenvalue weighted by molar-refractivity contribution is 5.98. The maximum absolute atomic E-state index is 13.8. The fourth-order valence-corrected chi connectivity index (χ4v) is 5.44. The second-order valence-corrected chi connectivity index (χ2v) is 9.73. The van der Waals surface area contributed by atoms with Crippen molar-refractivity contribution in [3.63, 3.8) is 0 Å². The number of hydrogen-bond acceptors (Lipinski definition) is 6. The standard InChI is InChI=1S/C26H27N7O3/c1-4-21(34)28-18-7-5-6-16(8-18)12-32-14-19(29-20-13-31(2)30-24(20)36-3)22-23(25(32)35)33(15-27-22)26-9-17(10-26)11-26/h4-8,13-15,17,29H,1,9-12H2,2-3H3,(H,28,34). The van der Waals surface area contributed by atoms with Crippen molar-refractivity contribution in [1.29, 1.82) is 0 Å². The number of ether oxygens (including phenoxy) is 1. The van der Waals surface area contributed by atoms with Gasteiger partial charge in [0.25, 0.3) is 11.4 Å². The highest BCUT2D eigenvalue weighted by Crippen LogP contribution is 2.62. The van der Waals surface area contributed by atoms with E-state index < -0.39 is 0 Å². The van der Waals surface area contributed by atoms with Gasteiger partial charge in [-0.05, 0) is 49.0 Å². The number of imidazole rings is 1. The number of fused-ring (bicyclic) bond motifs is 1. The van der Waals surface area contributed by atoms with E-state index in [1.807, 2.05) is 37.8 Å². The van der Waals surface area contributed by atoms with Gasteiger partial charge >= 0.3 is 0 Å². The molecule has 2 N–H and O–H groups in total. The quantitative estimate of drug-likeness (QED) is 0.371. The fourth-order valence-electron chi connectivity index (χ4n) is 5.44. The van der Waals surface area contributed by atoms with E-state index in [2.05, 4.69) is 31.9 Å². The van der Waals surface area contributed by atoms with Crippen molar-refractivity contribution in [3.8, 4) is 5.88 Å². The summed E-state index contributed by atoms with van der Waals surface area (Å²) in [5, 5.41) is 10.5. The molecule has 10 heteroatoms. The van der Waals surface area contributed by atoms with Gasteiger partial charge in [0.05, 0.1) is 31.9 Å². The van der Waals surface area contributed by atoms with Gasteiger partial charge in [0, 0.05) is 24.5 Å². The fraction of sp³-hybridized carbons (Fsp3) is 0.308. The average molecular weight is 486 g/mol. The van der Waals surface area contributed by atoms with Gasteiger partial charge in [-0.25, -0.2) is 4.98 Å². The molecule has 3 aliphatic rings. The summed E-state index contributed by atoms with van der Waals surface area (Å²) in [4.78, 5) is 30.2. The minimum absolute atomic E-state index is 0.00983. The molecule has 0 aliphatic heterocycles. The Labute approximate surface area is 207 Å². The normalized spacial score (nSPS) is 19.9. The summed E-state index contributed by atoms with van der Waals surface area (Å²) in [5.41, 5.74) is 4.02. The predicted octanol–water partition coefficient (Wildman–Crippen LogP) is 3.37. The van der Waals surface area contributed by atoms with E-state index in [4.69, 9.17) is 4.74 Å². The molecule has 1 amide bonds. The first kappa shape index (κ1) is 22.1. The lowest BCUT2D eigenvalue weighted by Gasteiger charge is -2.62. The molecular formula is C26H27N7O3. The van der Waals surface area contributed by atoms with Crippen LogP contribution in [0.2, 0.25) is 0 Å². The number of methoxy groups -OCH3 is 1. The number of amides is 1. The third-order valence-corrected chi connectivity index (χ3v) is 7.28. The summed E-state index contributed by atoms with van der Waals surface area (Å²) in [7, 11) is 3.39. The van der Waals surface area contributed by atoms with Crippen molar-refractivity contribution in [2.45, 2.75) is 31.3 Å². The van der Waals surface area contributed by atoms with Crippen molar-refractivity contribution in [2.75, 3.05) is 17.7 Å². The summed E-state index contributed by atoms with van der Waals surface area (Å²) in [6.07, 6.45) is 9.92. The molecule has 0 spiro atoms. The van der Waals surface area contributed by atoms with Crippen LogP contribution >= 0.6 is 0 Å². The third-order valence-electron chi connectivity index (χ3n) is 7.28. The number of aryl methyl sites for hydroxylation is 1. The lowest BCUT2D eigenvalue weighted by Crippen LogP contribution is -2.59. The molecule has 0 radical (unpaired) electrons. The number of rotatable bonds is 8. The number of hydrogen-bond donors (Lipinski definition) is 2. The van der Waals surface area contributed by atoms with Gasteiger partial charge in [-0.2, -0.15) is 0 Å². The highest BCUT2D eigenvalue weighted by atomic mass is 16.5. The van der Waals surface area contributed by atoms with Crippen molar-refractivity contribution in [2.24, 2.45) is 13.0 Å². The minimum atomic E-state index is -0.287. The van der Waals surface area contributed by atoms with Crippen molar-refractivity contribution in [1.82, 2.24) is 23.9 Å². The predicted molar refractivity (Wildman–Crippen MR) is 137 cm³/mol. The molecule has 3 heterocycles. The Morgan fingerprint density at radius 2 is 2.08 bits per heavy atom. The molecule has 2 bridgehead atoms. The maximum Gasteiger partial charge on any atom is 0.277 e. The number of anilines is 3. The number of carbonyl (C=O) groups excluding carboxylic acids is 1. The molecule has 7 rings (SSSR count). The smallest absolute Gasteiger partial charge is 0.277 e. The first-order valence-electron chi connectivity index (χ1n) is 11.9. The van der Waals surface area contributed by atoms with E-state index in [1.165, 1.54) is 6.08 Å². The van der Waals surface area contributed by atoms with E-state index in [1.54, 1.807) is 28.6 Å². The van der Waals surface area contributed by atoms with Crippen LogP contribution in [-0.4, -0.2) is 36.9 Å². The average Bonchev–Trinajstić information content (AvgIpc) is 3.39. The van der Waals surface area contributed by atoms with Gasteiger partial charge in [-0.15, -0.1) is 5.10 Å². The van der Waals surface area contributed by atoms with E-state index >= 15 is 0 Å². The Morgan fingerprint density at radius 1 is 1.28 bits per heavy atom. The largest absolute Gasteiger partial charge is 0.478 e. The van der Waals surface area contributed by atoms with Gasteiger partial charge in [-0.1, -0.05) is 18.7 Å². The molecule has 3 fully saturated rings. The maximum atomic E-state index is 13.8. The minimum Gasteiger partial charge on any atom is -0.478 e. The Hall–Kier alpha value is -4.34. The number of nitrogens with one attached hydrogen (secondary N) is 2. The van der Waals surface area contributed by atoms with E-state index in [-0.39, 0.29) is 17.0 Å². The molecule has 184 valence electrons. The van der Waals surface area contributed by atoms with Crippen molar-refractivity contribution in [3.05, 3.63) is 71.6 Å². The van der Waals surface area contributed by atoms with Crippen LogP contribution in [0.15, 0.2) is 60.4 Å². The lowest BCUT2D eigenvalue weighted by atomic mass is 9.49. The molecule has 36 heavy (non-hydrogen) atoms. The molecule has 3 aromatic heterocycles. The molecule has 3 aliphatic carbocycles. The second kappa shape index (κ2) is 8.11. The van der Waals surface area contributed by atoms with Crippen LogP contribution in [0.3, 0.4) is 0 Å². The Kier molecular flexibility index (Phi) is 4.99. The van der Waals surface area contributed by atoms with Crippen molar-refractivity contribution >= 4 is 34.0 Å². The number of benzene rings is 1. The van der Waals surface area contributed by atoms with Crippen molar-refractivity contribution < 1.29 is 9.53 Å². The Balaban J connectivity index is 1.44. The first-order valence-corrected chi connectivity index (χ1v) is 11.9.